The molecule has 0 aliphatic heterocycles. The fourth-order valence-electron chi connectivity index (χ4n) is 2.48. The molecule has 0 amide bonds. The van der Waals surface area contributed by atoms with Crippen molar-refractivity contribution >= 4 is 22.5 Å². The standard InChI is InChI=1S/C15H16ClN5/c1-21-15-5-3-2-4-11(15)13(20-21)8-14(19-17)12-7-6-10(16)9-18-12/h2-7,9,14,19H,8,17H2,1H3. The minimum absolute atomic E-state index is 0.111. The number of pyridine rings is 1. The van der Waals surface area contributed by atoms with Gasteiger partial charge in [0, 0.05) is 25.1 Å². The zero-order valence-corrected chi connectivity index (χ0v) is 12.4. The first-order valence-corrected chi connectivity index (χ1v) is 7.05. The maximum Gasteiger partial charge on any atom is 0.0723 e. The van der Waals surface area contributed by atoms with Crippen molar-refractivity contribution in [2.75, 3.05) is 0 Å². The van der Waals surface area contributed by atoms with Crippen LogP contribution in [0, 0.1) is 0 Å². The molecule has 6 heteroatoms. The fraction of sp³-hybridized carbons (Fsp3) is 0.200. The number of rotatable bonds is 4. The van der Waals surface area contributed by atoms with E-state index in [2.05, 4.69) is 27.6 Å². The summed E-state index contributed by atoms with van der Waals surface area (Å²) in [5, 5.41) is 6.33. The molecule has 1 unspecified atom stereocenters. The minimum Gasteiger partial charge on any atom is -0.271 e. The maximum absolute atomic E-state index is 5.87. The topological polar surface area (TPSA) is 68.8 Å². The second-order valence-corrected chi connectivity index (χ2v) is 5.35. The van der Waals surface area contributed by atoms with E-state index in [-0.39, 0.29) is 6.04 Å². The molecule has 2 aromatic heterocycles. The molecule has 21 heavy (non-hydrogen) atoms. The Morgan fingerprint density at radius 2 is 2.10 bits per heavy atom. The van der Waals surface area contributed by atoms with E-state index in [4.69, 9.17) is 17.4 Å². The van der Waals surface area contributed by atoms with Gasteiger partial charge < -0.3 is 0 Å². The monoisotopic (exact) mass is 301 g/mol. The number of nitrogens with two attached hydrogens (primary N) is 1. The molecule has 3 aromatic rings. The summed E-state index contributed by atoms with van der Waals surface area (Å²) in [6.07, 6.45) is 2.28. The number of hydrogen-bond donors (Lipinski definition) is 2. The van der Waals surface area contributed by atoms with Crippen molar-refractivity contribution in [2.45, 2.75) is 12.5 Å². The molecule has 3 N–H and O–H groups in total. The molecule has 3 rings (SSSR count). The number of nitrogens with zero attached hydrogens (tertiary/aromatic N) is 3. The van der Waals surface area contributed by atoms with Gasteiger partial charge in [-0.3, -0.25) is 20.9 Å². The van der Waals surface area contributed by atoms with Gasteiger partial charge in [0.15, 0.2) is 0 Å². The number of benzene rings is 1. The Morgan fingerprint density at radius 1 is 1.29 bits per heavy atom. The second kappa shape index (κ2) is 5.81. The van der Waals surface area contributed by atoms with E-state index in [0.717, 1.165) is 22.3 Å². The molecule has 0 aliphatic carbocycles. The summed E-state index contributed by atoms with van der Waals surface area (Å²) in [4.78, 5) is 4.32. The Hall–Kier alpha value is -1.95. The summed E-state index contributed by atoms with van der Waals surface area (Å²) in [7, 11) is 1.94. The Bertz CT molecular complexity index is 750. The van der Waals surface area contributed by atoms with Crippen LogP contribution in [0.25, 0.3) is 10.9 Å². The highest BCUT2D eigenvalue weighted by Gasteiger charge is 2.16. The van der Waals surface area contributed by atoms with Crippen molar-refractivity contribution in [3.63, 3.8) is 0 Å². The van der Waals surface area contributed by atoms with E-state index < -0.39 is 0 Å². The largest absolute Gasteiger partial charge is 0.271 e. The average Bonchev–Trinajstić information content (AvgIpc) is 2.83. The van der Waals surface area contributed by atoms with Crippen molar-refractivity contribution in [1.29, 1.82) is 0 Å². The van der Waals surface area contributed by atoms with Crippen LogP contribution in [0.3, 0.4) is 0 Å². The quantitative estimate of drug-likeness (QED) is 0.573. The van der Waals surface area contributed by atoms with Gasteiger partial charge in [-0.25, -0.2) is 0 Å². The number of fused-ring (bicyclic) bond motifs is 1. The van der Waals surface area contributed by atoms with Crippen LogP contribution in [0.4, 0.5) is 0 Å². The van der Waals surface area contributed by atoms with Gasteiger partial charge in [0.1, 0.15) is 0 Å². The van der Waals surface area contributed by atoms with Crippen LogP contribution in [0.5, 0.6) is 0 Å². The predicted molar refractivity (Wildman–Crippen MR) is 83.7 cm³/mol. The second-order valence-electron chi connectivity index (χ2n) is 4.91. The molecule has 2 heterocycles. The molecule has 0 saturated carbocycles. The summed E-state index contributed by atoms with van der Waals surface area (Å²) >= 11 is 5.87. The normalized spacial score (nSPS) is 12.7. The molecule has 5 nitrogen and oxygen atoms in total. The molecular weight excluding hydrogens is 286 g/mol. The van der Waals surface area contributed by atoms with Crippen LogP contribution in [-0.2, 0) is 13.5 Å². The lowest BCUT2D eigenvalue weighted by Gasteiger charge is -2.14. The Kier molecular flexibility index (Phi) is 3.88. The molecule has 0 fully saturated rings. The van der Waals surface area contributed by atoms with Crippen molar-refractivity contribution in [3.05, 3.63) is 59.0 Å². The summed E-state index contributed by atoms with van der Waals surface area (Å²) in [5.41, 5.74) is 5.75. The highest BCUT2D eigenvalue weighted by Crippen LogP contribution is 2.23. The van der Waals surface area contributed by atoms with Crippen LogP contribution in [0.2, 0.25) is 5.02 Å². The summed E-state index contributed by atoms with van der Waals surface area (Å²) in [5.74, 6) is 5.68. The molecule has 1 aromatic carbocycles. The molecule has 1 atom stereocenters. The Balaban J connectivity index is 1.94. The van der Waals surface area contributed by atoms with Crippen molar-refractivity contribution in [3.8, 4) is 0 Å². The van der Waals surface area contributed by atoms with Gasteiger partial charge in [-0.2, -0.15) is 5.10 Å². The third-order valence-electron chi connectivity index (χ3n) is 3.54. The van der Waals surface area contributed by atoms with Crippen molar-refractivity contribution in [2.24, 2.45) is 12.9 Å². The van der Waals surface area contributed by atoms with E-state index >= 15 is 0 Å². The number of nitrogens with one attached hydrogen (secondary N) is 1. The van der Waals surface area contributed by atoms with Gasteiger partial charge in [-0.15, -0.1) is 0 Å². The molecule has 108 valence electrons. The molecular formula is C15H16ClN5. The van der Waals surface area contributed by atoms with Crippen LogP contribution >= 0.6 is 11.6 Å². The van der Waals surface area contributed by atoms with Crippen LogP contribution in [0.1, 0.15) is 17.4 Å². The van der Waals surface area contributed by atoms with Gasteiger partial charge in [0.05, 0.1) is 28.0 Å². The summed E-state index contributed by atoms with van der Waals surface area (Å²) < 4.78 is 1.88. The minimum atomic E-state index is -0.111. The van der Waals surface area contributed by atoms with Crippen LogP contribution < -0.4 is 11.3 Å². The number of aryl methyl sites for hydroxylation is 1. The van der Waals surface area contributed by atoms with Crippen LogP contribution in [-0.4, -0.2) is 14.8 Å². The Morgan fingerprint density at radius 3 is 2.81 bits per heavy atom. The van der Waals surface area contributed by atoms with E-state index in [1.807, 2.05) is 36.0 Å². The van der Waals surface area contributed by atoms with Gasteiger partial charge in [-0.05, 0) is 18.2 Å². The lowest BCUT2D eigenvalue weighted by Crippen LogP contribution is -2.30. The first-order chi connectivity index (χ1) is 10.2. The highest BCUT2D eigenvalue weighted by atomic mass is 35.5. The zero-order valence-electron chi connectivity index (χ0n) is 11.6. The fourth-order valence-corrected chi connectivity index (χ4v) is 2.59. The Labute approximate surface area is 127 Å². The van der Waals surface area contributed by atoms with E-state index in [9.17, 15) is 0 Å². The smallest absolute Gasteiger partial charge is 0.0723 e. The molecule has 0 bridgehead atoms. The first kappa shape index (κ1) is 14.0. The summed E-state index contributed by atoms with van der Waals surface area (Å²) in [6, 6.07) is 11.7. The van der Waals surface area contributed by atoms with E-state index in [1.165, 1.54) is 0 Å². The van der Waals surface area contributed by atoms with Gasteiger partial charge >= 0.3 is 0 Å². The molecule has 0 radical (unpaired) electrons. The number of aromatic nitrogens is 3. The summed E-state index contributed by atoms with van der Waals surface area (Å²) in [6.45, 7) is 0. The van der Waals surface area contributed by atoms with E-state index in [0.29, 0.717) is 11.4 Å². The predicted octanol–water partition coefficient (Wildman–Crippen LogP) is 2.37. The van der Waals surface area contributed by atoms with Gasteiger partial charge in [0.2, 0.25) is 0 Å². The van der Waals surface area contributed by atoms with Crippen molar-refractivity contribution in [1.82, 2.24) is 20.2 Å². The third-order valence-corrected chi connectivity index (χ3v) is 3.76. The SMILES string of the molecule is Cn1nc(CC(NN)c2ccc(Cl)cn2)c2ccccc21. The van der Waals surface area contributed by atoms with E-state index in [1.54, 1.807) is 6.20 Å². The molecule has 0 saturated heterocycles. The number of hydrogen-bond acceptors (Lipinski definition) is 4. The highest BCUT2D eigenvalue weighted by molar-refractivity contribution is 6.30. The lowest BCUT2D eigenvalue weighted by molar-refractivity contribution is 0.530. The van der Waals surface area contributed by atoms with Gasteiger partial charge in [0.25, 0.3) is 0 Å². The number of halogens is 1. The molecule has 0 spiro atoms. The van der Waals surface area contributed by atoms with Gasteiger partial charge in [-0.1, -0.05) is 29.8 Å². The lowest BCUT2D eigenvalue weighted by atomic mass is 10.1. The maximum atomic E-state index is 5.87. The number of para-hydroxylation sites is 1. The molecule has 0 aliphatic rings. The third kappa shape index (κ3) is 2.76. The zero-order chi connectivity index (χ0) is 14.8. The average molecular weight is 302 g/mol. The van der Waals surface area contributed by atoms with Crippen LogP contribution in [0.15, 0.2) is 42.6 Å². The van der Waals surface area contributed by atoms with Crippen molar-refractivity contribution < 1.29 is 0 Å². The number of hydrazine groups is 1. The first-order valence-electron chi connectivity index (χ1n) is 6.67.